The highest BCUT2D eigenvalue weighted by molar-refractivity contribution is 6.31. The van der Waals surface area contributed by atoms with E-state index in [1.807, 2.05) is 0 Å². The predicted molar refractivity (Wildman–Crippen MR) is 117 cm³/mol. The van der Waals surface area contributed by atoms with Crippen molar-refractivity contribution < 1.29 is 23.1 Å². The molecule has 1 amide bonds. The molecule has 6 nitrogen and oxygen atoms in total. The second kappa shape index (κ2) is 8.47. The molecule has 1 unspecified atom stereocenters. The molecule has 10 heteroatoms. The van der Waals surface area contributed by atoms with Gasteiger partial charge in [0.05, 0.1) is 6.04 Å². The number of nitrogens with zero attached hydrogens (tertiary/aromatic N) is 3. The van der Waals surface area contributed by atoms with E-state index in [9.17, 15) is 27.9 Å². The number of hydrogen-bond acceptors (Lipinski definition) is 4. The Kier molecular flexibility index (Phi) is 5.84. The third kappa shape index (κ3) is 4.04. The van der Waals surface area contributed by atoms with E-state index in [1.165, 1.54) is 15.9 Å². The summed E-state index contributed by atoms with van der Waals surface area (Å²) >= 11 is 6.48. The van der Waals surface area contributed by atoms with Gasteiger partial charge < -0.3 is 10.0 Å². The maximum absolute atomic E-state index is 13.6. The van der Waals surface area contributed by atoms with Crippen molar-refractivity contribution in [3.63, 3.8) is 0 Å². The Hall–Kier alpha value is -3.46. The molecule has 1 aromatic heterocycles. The summed E-state index contributed by atoms with van der Waals surface area (Å²) in [6.45, 7) is 0.385. The molecule has 0 saturated carbocycles. The number of carbonyl (C=O) groups excluding carboxylic acids is 1. The summed E-state index contributed by atoms with van der Waals surface area (Å²) in [5.74, 6) is -2.02. The van der Waals surface area contributed by atoms with Gasteiger partial charge in [-0.15, -0.1) is 0 Å². The Labute approximate surface area is 192 Å². The molecule has 4 rings (SSSR count). The number of benzene rings is 2. The van der Waals surface area contributed by atoms with Crippen molar-refractivity contribution in [2.75, 3.05) is 11.7 Å². The van der Waals surface area contributed by atoms with Gasteiger partial charge in [0.1, 0.15) is 12.7 Å². The molecule has 172 valence electrons. The molecule has 2 aromatic carbocycles. The van der Waals surface area contributed by atoms with Crippen LogP contribution < -0.4 is 10.4 Å². The Balaban J connectivity index is 1.98. The Bertz CT molecular complexity index is 1250. The summed E-state index contributed by atoms with van der Waals surface area (Å²) in [6.07, 6.45) is -3.46. The van der Waals surface area contributed by atoms with Gasteiger partial charge >= 0.3 is 6.18 Å². The molecule has 1 aliphatic heterocycles. The zero-order valence-electron chi connectivity index (χ0n) is 17.3. The molecule has 0 spiro atoms. The van der Waals surface area contributed by atoms with E-state index in [2.05, 4.69) is 0 Å². The first-order valence-electron chi connectivity index (χ1n) is 10.00. The van der Waals surface area contributed by atoms with Crippen molar-refractivity contribution in [2.45, 2.75) is 25.2 Å². The summed E-state index contributed by atoms with van der Waals surface area (Å²) < 4.78 is 42.1. The molecule has 0 radical (unpaired) electrons. The topological polar surface area (TPSA) is 65.8 Å². The van der Waals surface area contributed by atoms with Crippen molar-refractivity contribution in [1.82, 2.24) is 9.58 Å². The summed E-state index contributed by atoms with van der Waals surface area (Å²) in [4.78, 5) is 25.7. The summed E-state index contributed by atoms with van der Waals surface area (Å²) in [5.41, 5.74) is -0.157. The fourth-order valence-corrected chi connectivity index (χ4v) is 4.12. The van der Waals surface area contributed by atoms with Crippen LogP contribution in [0.2, 0.25) is 5.02 Å². The highest BCUT2D eigenvalue weighted by atomic mass is 35.5. The zero-order valence-corrected chi connectivity index (χ0v) is 18.1. The van der Waals surface area contributed by atoms with Crippen LogP contribution in [0.15, 0.2) is 71.7 Å². The number of fused-ring (bicyclic) bond motifs is 1. The minimum atomic E-state index is -4.72. The normalized spacial score (nSPS) is 15.8. The van der Waals surface area contributed by atoms with E-state index < -0.39 is 47.7 Å². The van der Waals surface area contributed by atoms with E-state index in [0.717, 1.165) is 13.0 Å². The number of rotatable bonds is 4. The van der Waals surface area contributed by atoms with Crippen LogP contribution in [-0.2, 0) is 0 Å². The number of pyridine rings is 1. The van der Waals surface area contributed by atoms with E-state index in [0.29, 0.717) is 21.0 Å². The van der Waals surface area contributed by atoms with Gasteiger partial charge in [0.25, 0.3) is 5.91 Å². The van der Waals surface area contributed by atoms with E-state index in [4.69, 9.17) is 11.6 Å². The van der Waals surface area contributed by atoms with E-state index in [-0.39, 0.29) is 0 Å². The number of aromatic nitrogens is 1. The second-order valence-corrected chi connectivity index (χ2v) is 8.04. The summed E-state index contributed by atoms with van der Waals surface area (Å²) in [5, 5.41) is 12.2. The van der Waals surface area contributed by atoms with Crippen LogP contribution in [0.3, 0.4) is 0 Å². The van der Waals surface area contributed by atoms with Crippen molar-refractivity contribution in [2.24, 2.45) is 0 Å². The van der Waals surface area contributed by atoms with Crippen LogP contribution in [0.25, 0.3) is 0 Å². The molecule has 2 atom stereocenters. The minimum absolute atomic E-state index is 0.366. The Morgan fingerprint density at radius 1 is 1.00 bits per heavy atom. The monoisotopic (exact) mass is 477 g/mol. The fourth-order valence-electron chi connectivity index (χ4n) is 3.88. The Morgan fingerprint density at radius 2 is 1.64 bits per heavy atom. The molecule has 33 heavy (non-hydrogen) atoms. The zero-order chi connectivity index (χ0) is 23.9. The number of carbonyl (C=O) groups is 1. The van der Waals surface area contributed by atoms with Gasteiger partial charge in [-0.05, 0) is 24.1 Å². The summed E-state index contributed by atoms with van der Waals surface area (Å²) in [7, 11) is 0. The van der Waals surface area contributed by atoms with Gasteiger partial charge in [-0.3, -0.25) is 19.3 Å². The van der Waals surface area contributed by atoms with Crippen LogP contribution in [0.5, 0.6) is 5.75 Å². The maximum atomic E-state index is 13.6. The third-order valence-corrected chi connectivity index (χ3v) is 5.99. The van der Waals surface area contributed by atoms with Gasteiger partial charge in [-0.1, -0.05) is 60.1 Å². The highest BCUT2D eigenvalue weighted by Gasteiger charge is 2.47. The molecule has 2 heterocycles. The minimum Gasteiger partial charge on any atom is -0.502 e. The molecular formula is C23H19ClF3N3O3. The lowest BCUT2D eigenvalue weighted by atomic mass is 9.97. The van der Waals surface area contributed by atoms with Crippen molar-refractivity contribution in [3.05, 3.63) is 98.9 Å². The van der Waals surface area contributed by atoms with Crippen LogP contribution in [-0.4, -0.2) is 39.5 Å². The standard InChI is InChI=1S/C23H19ClF3N3O3/c1-14(23(25,26)27)28-13-30(29-12-11-18(31)21(32)20(29)22(28)33)19(15-7-3-2-4-8-15)16-9-5-6-10-17(16)24/h2-12,14,19,32H,13H2,1H3/t14-,19?/m1/s1. The van der Waals surface area contributed by atoms with Crippen LogP contribution in [0, 0.1) is 0 Å². The van der Waals surface area contributed by atoms with Gasteiger partial charge in [-0.25, -0.2) is 0 Å². The number of hydrogen-bond donors (Lipinski definition) is 1. The maximum Gasteiger partial charge on any atom is 0.408 e. The molecule has 1 N–H and O–H groups in total. The fraction of sp³-hybridized carbons (Fsp3) is 0.217. The molecule has 0 bridgehead atoms. The lowest BCUT2D eigenvalue weighted by molar-refractivity contribution is -0.173. The second-order valence-electron chi connectivity index (χ2n) is 7.63. The first kappa shape index (κ1) is 22.7. The molecule has 0 aliphatic carbocycles. The number of aromatic hydroxyl groups is 1. The number of alkyl halides is 3. The first-order chi connectivity index (χ1) is 15.6. The van der Waals surface area contributed by atoms with Gasteiger partial charge in [-0.2, -0.15) is 13.2 Å². The smallest absolute Gasteiger partial charge is 0.408 e. The molecular weight excluding hydrogens is 459 g/mol. The first-order valence-corrected chi connectivity index (χ1v) is 10.4. The quantitative estimate of drug-likeness (QED) is 0.608. The van der Waals surface area contributed by atoms with Gasteiger partial charge in [0.15, 0.2) is 11.4 Å². The average molecular weight is 478 g/mol. The lowest BCUT2D eigenvalue weighted by Gasteiger charge is -2.46. The SMILES string of the molecule is C[C@@H](N1CN(C(c2ccccc2)c2ccccc2Cl)n2ccc(=O)c(O)c2C1=O)C(F)(F)F. The molecule has 1 aliphatic rings. The van der Waals surface area contributed by atoms with Crippen LogP contribution >= 0.6 is 11.6 Å². The molecule has 3 aromatic rings. The average Bonchev–Trinajstić information content (AvgIpc) is 2.78. The Morgan fingerprint density at radius 3 is 2.27 bits per heavy atom. The molecule has 0 saturated heterocycles. The largest absolute Gasteiger partial charge is 0.502 e. The van der Waals surface area contributed by atoms with Crippen LogP contribution in [0.1, 0.15) is 34.6 Å². The lowest BCUT2D eigenvalue weighted by Crippen LogP contribution is -2.60. The van der Waals surface area contributed by atoms with Crippen LogP contribution in [0.4, 0.5) is 13.2 Å². The highest BCUT2D eigenvalue weighted by Crippen LogP contribution is 2.37. The summed E-state index contributed by atoms with van der Waals surface area (Å²) in [6, 6.07) is 13.9. The molecule has 0 fully saturated rings. The number of amides is 1. The van der Waals surface area contributed by atoms with E-state index >= 15 is 0 Å². The van der Waals surface area contributed by atoms with Gasteiger partial charge in [0.2, 0.25) is 5.43 Å². The van der Waals surface area contributed by atoms with E-state index in [1.54, 1.807) is 54.6 Å². The predicted octanol–water partition coefficient (Wildman–Crippen LogP) is 4.30. The van der Waals surface area contributed by atoms with Gasteiger partial charge in [0, 0.05) is 17.3 Å². The van der Waals surface area contributed by atoms with Crippen molar-refractivity contribution in [1.29, 1.82) is 0 Å². The van der Waals surface area contributed by atoms with Crippen molar-refractivity contribution >= 4 is 17.5 Å². The number of halogens is 4. The van der Waals surface area contributed by atoms with Crippen molar-refractivity contribution in [3.8, 4) is 5.75 Å². The third-order valence-electron chi connectivity index (χ3n) is 5.65.